The van der Waals surface area contributed by atoms with Crippen LogP contribution in [0.2, 0.25) is 0 Å². The number of aliphatic hydroxyl groups is 1. The van der Waals surface area contributed by atoms with Crippen LogP contribution in [0.1, 0.15) is 17.4 Å². The number of rotatable bonds is 6. The predicted molar refractivity (Wildman–Crippen MR) is 99.3 cm³/mol. The summed E-state index contributed by atoms with van der Waals surface area (Å²) < 4.78 is 11.0. The molecule has 3 aromatic rings. The lowest BCUT2D eigenvalue weighted by Crippen LogP contribution is -2.09. The lowest BCUT2D eigenvalue weighted by Gasteiger charge is -2.16. The van der Waals surface area contributed by atoms with Gasteiger partial charge in [0.2, 0.25) is 0 Å². The van der Waals surface area contributed by atoms with Crippen molar-refractivity contribution in [1.29, 1.82) is 0 Å². The van der Waals surface area contributed by atoms with Crippen LogP contribution in [-0.4, -0.2) is 12.2 Å². The maximum Gasteiger partial charge on any atom is 0.150 e. The number of hydrogen-bond acceptors (Lipinski definition) is 4. The van der Waals surface area contributed by atoms with Gasteiger partial charge in [-0.2, -0.15) is 0 Å². The molecule has 0 fully saturated rings. The second-order valence-corrected chi connectivity index (χ2v) is 5.77. The summed E-state index contributed by atoms with van der Waals surface area (Å²) >= 11 is 0. The molecule has 2 N–H and O–H groups in total. The van der Waals surface area contributed by atoms with E-state index in [1.807, 2.05) is 73.7 Å². The Bertz CT molecular complexity index is 831. The van der Waals surface area contributed by atoms with Crippen molar-refractivity contribution in [3.63, 3.8) is 0 Å². The maximum atomic E-state index is 10.4. The summed E-state index contributed by atoms with van der Waals surface area (Å²) in [5.74, 6) is 2.18. The molecular weight excluding hydrogens is 314 g/mol. The molecule has 0 aliphatic carbocycles. The minimum absolute atomic E-state index is 0.701. The van der Waals surface area contributed by atoms with E-state index in [0.717, 1.165) is 17.0 Å². The minimum Gasteiger partial charge on any atom is -0.497 e. The zero-order valence-corrected chi connectivity index (χ0v) is 14.3. The van der Waals surface area contributed by atoms with E-state index >= 15 is 0 Å². The number of hydrogen-bond donors (Lipinski definition) is 2. The van der Waals surface area contributed by atoms with E-state index in [1.165, 1.54) is 5.56 Å². The fraction of sp³-hybridized carbons (Fsp3) is 0.143. The molecule has 4 nitrogen and oxygen atoms in total. The highest BCUT2D eigenvalue weighted by atomic mass is 16.5. The highest BCUT2D eigenvalue weighted by molar-refractivity contribution is 5.50. The van der Waals surface area contributed by atoms with Crippen molar-refractivity contribution in [3.8, 4) is 17.2 Å². The summed E-state index contributed by atoms with van der Waals surface area (Å²) in [5.41, 5.74) is 2.67. The molecule has 1 atom stereocenters. The van der Waals surface area contributed by atoms with Crippen molar-refractivity contribution in [3.05, 3.63) is 83.9 Å². The molecule has 0 saturated carbocycles. The van der Waals surface area contributed by atoms with Gasteiger partial charge >= 0.3 is 0 Å². The van der Waals surface area contributed by atoms with Crippen molar-refractivity contribution < 1.29 is 14.6 Å². The molecule has 3 rings (SSSR count). The van der Waals surface area contributed by atoms with E-state index in [9.17, 15) is 5.11 Å². The molecule has 0 amide bonds. The Kier molecular flexibility index (Phi) is 5.21. The van der Waals surface area contributed by atoms with Gasteiger partial charge in [-0.25, -0.2) is 0 Å². The molecule has 0 aliphatic rings. The van der Waals surface area contributed by atoms with E-state index < -0.39 is 6.23 Å². The van der Waals surface area contributed by atoms with E-state index in [2.05, 4.69) is 5.32 Å². The molecule has 0 heterocycles. The van der Waals surface area contributed by atoms with Gasteiger partial charge in [0.1, 0.15) is 17.2 Å². The van der Waals surface area contributed by atoms with Crippen LogP contribution in [0.25, 0.3) is 0 Å². The SMILES string of the molecule is COc1cccc(C(O)Nc2cccc(Oc3ccc(C)cc3)c2)c1. The van der Waals surface area contributed by atoms with Gasteiger partial charge in [0.15, 0.2) is 6.23 Å². The first-order chi connectivity index (χ1) is 12.1. The molecule has 0 saturated heterocycles. The third-order valence-electron chi connectivity index (χ3n) is 3.80. The highest BCUT2D eigenvalue weighted by Gasteiger charge is 2.09. The second-order valence-electron chi connectivity index (χ2n) is 5.77. The van der Waals surface area contributed by atoms with Crippen LogP contribution < -0.4 is 14.8 Å². The number of ether oxygens (including phenoxy) is 2. The fourth-order valence-corrected chi connectivity index (χ4v) is 2.44. The van der Waals surface area contributed by atoms with Gasteiger partial charge in [-0.05, 0) is 43.3 Å². The topological polar surface area (TPSA) is 50.7 Å². The van der Waals surface area contributed by atoms with Crippen molar-refractivity contribution in [2.24, 2.45) is 0 Å². The number of benzene rings is 3. The van der Waals surface area contributed by atoms with Crippen LogP contribution in [0.3, 0.4) is 0 Å². The molecule has 1 unspecified atom stereocenters. The van der Waals surface area contributed by atoms with Crippen LogP contribution in [0.4, 0.5) is 5.69 Å². The summed E-state index contributed by atoms with van der Waals surface area (Å²) in [6.45, 7) is 2.04. The van der Waals surface area contributed by atoms with Crippen LogP contribution in [0.5, 0.6) is 17.2 Å². The van der Waals surface area contributed by atoms with Gasteiger partial charge in [0, 0.05) is 17.3 Å². The molecular formula is C21H21NO3. The Morgan fingerprint density at radius 1 is 0.840 bits per heavy atom. The molecule has 0 spiro atoms. The average molecular weight is 335 g/mol. The Hall–Kier alpha value is -2.98. The number of aliphatic hydroxyl groups excluding tert-OH is 1. The summed E-state index contributed by atoms with van der Waals surface area (Å²) in [7, 11) is 1.60. The Morgan fingerprint density at radius 2 is 1.56 bits per heavy atom. The van der Waals surface area contributed by atoms with E-state index in [0.29, 0.717) is 11.5 Å². The quantitative estimate of drug-likeness (QED) is 0.629. The largest absolute Gasteiger partial charge is 0.497 e. The third-order valence-corrected chi connectivity index (χ3v) is 3.80. The van der Waals surface area contributed by atoms with Gasteiger partial charge < -0.3 is 19.9 Å². The molecule has 0 bridgehead atoms. The first-order valence-corrected chi connectivity index (χ1v) is 8.07. The first-order valence-electron chi connectivity index (χ1n) is 8.07. The van der Waals surface area contributed by atoms with Crippen molar-refractivity contribution in [2.45, 2.75) is 13.2 Å². The van der Waals surface area contributed by atoms with Gasteiger partial charge in [0.05, 0.1) is 7.11 Å². The monoisotopic (exact) mass is 335 g/mol. The highest BCUT2D eigenvalue weighted by Crippen LogP contribution is 2.27. The van der Waals surface area contributed by atoms with Crippen LogP contribution in [-0.2, 0) is 0 Å². The molecule has 4 heteroatoms. The Balaban J connectivity index is 1.71. The third kappa shape index (κ3) is 4.52. The van der Waals surface area contributed by atoms with Crippen LogP contribution in [0.15, 0.2) is 72.8 Å². The minimum atomic E-state index is -0.843. The van der Waals surface area contributed by atoms with E-state index in [-0.39, 0.29) is 0 Å². The molecule has 0 radical (unpaired) electrons. The Labute approximate surface area is 147 Å². The summed E-state index contributed by atoms with van der Waals surface area (Å²) in [6.07, 6.45) is -0.843. The van der Waals surface area contributed by atoms with Gasteiger partial charge in [-0.15, -0.1) is 0 Å². The van der Waals surface area contributed by atoms with Crippen LogP contribution in [0, 0.1) is 6.92 Å². The van der Waals surface area contributed by atoms with Crippen LogP contribution >= 0.6 is 0 Å². The number of methoxy groups -OCH3 is 1. The fourth-order valence-electron chi connectivity index (χ4n) is 2.44. The summed E-state index contributed by atoms with van der Waals surface area (Å²) in [6, 6.07) is 22.7. The molecule has 3 aromatic carbocycles. The normalized spacial score (nSPS) is 11.6. The van der Waals surface area contributed by atoms with Gasteiger partial charge in [0.25, 0.3) is 0 Å². The molecule has 0 aliphatic heterocycles. The number of aryl methyl sites for hydroxylation is 1. The molecule has 128 valence electrons. The summed E-state index contributed by atoms with van der Waals surface area (Å²) in [5, 5.41) is 13.5. The standard InChI is InChI=1S/C21H21NO3/c1-15-9-11-18(12-10-15)25-20-8-4-6-17(14-20)22-21(23)16-5-3-7-19(13-16)24-2/h3-14,21-23H,1-2H3. The Morgan fingerprint density at radius 3 is 2.32 bits per heavy atom. The first kappa shape index (κ1) is 16.9. The van der Waals surface area contributed by atoms with Crippen molar-refractivity contribution in [2.75, 3.05) is 12.4 Å². The smallest absolute Gasteiger partial charge is 0.150 e. The van der Waals surface area contributed by atoms with E-state index in [1.54, 1.807) is 13.2 Å². The second kappa shape index (κ2) is 7.73. The van der Waals surface area contributed by atoms with Gasteiger partial charge in [-0.1, -0.05) is 35.9 Å². The lowest BCUT2D eigenvalue weighted by atomic mass is 10.2. The molecule has 25 heavy (non-hydrogen) atoms. The maximum absolute atomic E-state index is 10.4. The zero-order chi connectivity index (χ0) is 17.6. The van der Waals surface area contributed by atoms with E-state index in [4.69, 9.17) is 9.47 Å². The summed E-state index contributed by atoms with van der Waals surface area (Å²) in [4.78, 5) is 0. The molecule has 0 aromatic heterocycles. The number of anilines is 1. The predicted octanol–water partition coefficient (Wildman–Crippen LogP) is 4.90. The van der Waals surface area contributed by atoms with Crippen molar-refractivity contribution >= 4 is 5.69 Å². The zero-order valence-electron chi connectivity index (χ0n) is 14.3. The number of nitrogens with one attached hydrogen (secondary N) is 1. The van der Waals surface area contributed by atoms with Crippen molar-refractivity contribution in [1.82, 2.24) is 0 Å². The lowest BCUT2D eigenvalue weighted by molar-refractivity contribution is 0.207. The van der Waals surface area contributed by atoms with Gasteiger partial charge in [-0.3, -0.25) is 0 Å². The average Bonchev–Trinajstić information content (AvgIpc) is 2.64.